The molecule has 1 fully saturated rings. The van der Waals surface area contributed by atoms with Gasteiger partial charge in [0.2, 0.25) is 11.8 Å². The molecule has 2 aromatic rings. The van der Waals surface area contributed by atoms with Crippen molar-refractivity contribution in [2.75, 3.05) is 12.4 Å². The lowest BCUT2D eigenvalue weighted by molar-refractivity contribution is -0.128. The van der Waals surface area contributed by atoms with E-state index in [9.17, 15) is 22.8 Å². The Balaban J connectivity index is 1.90. The zero-order valence-corrected chi connectivity index (χ0v) is 16.7. The van der Waals surface area contributed by atoms with Crippen molar-refractivity contribution in [3.63, 3.8) is 0 Å². The summed E-state index contributed by atoms with van der Waals surface area (Å²) < 4.78 is 31.3. The van der Waals surface area contributed by atoms with Crippen LogP contribution in [-0.2, 0) is 24.3 Å². The first-order valence-corrected chi connectivity index (χ1v) is 10.3. The Morgan fingerprint density at radius 3 is 2.41 bits per heavy atom. The fourth-order valence-electron chi connectivity index (χ4n) is 3.12. The van der Waals surface area contributed by atoms with Gasteiger partial charge in [0.1, 0.15) is 6.04 Å². The number of hydrogen-bond donors (Lipinski definition) is 1. The van der Waals surface area contributed by atoms with Gasteiger partial charge in [-0.25, -0.2) is 17.5 Å². The summed E-state index contributed by atoms with van der Waals surface area (Å²) in [6.07, 6.45) is -0.0159. The van der Waals surface area contributed by atoms with Crippen molar-refractivity contribution in [1.82, 2.24) is 4.31 Å². The van der Waals surface area contributed by atoms with Crippen molar-refractivity contribution in [3.05, 3.63) is 59.7 Å². The molecule has 29 heavy (non-hydrogen) atoms. The SMILES string of the molecule is COC(=O)c1ccccc1NC(=O)[C@H]1CCC(=O)N1S(=O)(=O)c1ccc(C)cc1. The molecular formula is C20H20N2O6S. The monoisotopic (exact) mass is 416 g/mol. The molecule has 0 radical (unpaired) electrons. The lowest BCUT2D eigenvalue weighted by Gasteiger charge is -2.24. The number of methoxy groups -OCH3 is 1. The highest BCUT2D eigenvalue weighted by Gasteiger charge is 2.44. The first-order valence-electron chi connectivity index (χ1n) is 8.88. The number of amides is 2. The van der Waals surface area contributed by atoms with E-state index in [1.54, 1.807) is 24.3 Å². The number of hydrogen-bond acceptors (Lipinski definition) is 6. The zero-order chi connectivity index (χ0) is 21.2. The van der Waals surface area contributed by atoms with Crippen LogP contribution in [0, 0.1) is 6.92 Å². The van der Waals surface area contributed by atoms with Crippen molar-refractivity contribution >= 4 is 33.5 Å². The maximum absolute atomic E-state index is 13.0. The average Bonchev–Trinajstić information content (AvgIpc) is 3.10. The van der Waals surface area contributed by atoms with Gasteiger partial charge < -0.3 is 10.1 Å². The number of esters is 1. The van der Waals surface area contributed by atoms with Gasteiger partial charge in [-0.2, -0.15) is 0 Å². The van der Waals surface area contributed by atoms with Crippen LogP contribution in [-0.4, -0.2) is 43.7 Å². The molecule has 0 saturated carbocycles. The second-order valence-electron chi connectivity index (χ2n) is 6.59. The molecular weight excluding hydrogens is 396 g/mol. The van der Waals surface area contributed by atoms with Crippen LogP contribution in [0.2, 0.25) is 0 Å². The number of aryl methyl sites for hydroxylation is 1. The molecule has 1 heterocycles. The molecule has 0 unspecified atom stereocenters. The largest absolute Gasteiger partial charge is 0.465 e. The number of nitrogens with one attached hydrogen (secondary N) is 1. The quantitative estimate of drug-likeness (QED) is 0.748. The Morgan fingerprint density at radius 2 is 1.76 bits per heavy atom. The van der Waals surface area contributed by atoms with Crippen LogP contribution in [0.5, 0.6) is 0 Å². The molecule has 2 amide bonds. The van der Waals surface area contributed by atoms with E-state index in [2.05, 4.69) is 5.32 Å². The first kappa shape index (κ1) is 20.5. The summed E-state index contributed by atoms with van der Waals surface area (Å²) in [6, 6.07) is 11.0. The Morgan fingerprint density at radius 1 is 1.10 bits per heavy atom. The first-order chi connectivity index (χ1) is 13.8. The topological polar surface area (TPSA) is 110 Å². The number of anilines is 1. The number of carbonyl (C=O) groups excluding carboxylic acids is 3. The Hall–Kier alpha value is -3.20. The minimum absolute atomic E-state index is 0.0517. The zero-order valence-electron chi connectivity index (χ0n) is 15.9. The molecule has 1 N–H and O–H groups in total. The predicted molar refractivity (Wildman–Crippen MR) is 105 cm³/mol. The summed E-state index contributed by atoms with van der Waals surface area (Å²) >= 11 is 0. The van der Waals surface area contributed by atoms with Crippen LogP contribution < -0.4 is 5.32 Å². The van der Waals surface area contributed by atoms with Crippen LogP contribution in [0.4, 0.5) is 5.69 Å². The van der Waals surface area contributed by atoms with Crippen molar-refractivity contribution in [3.8, 4) is 0 Å². The van der Waals surface area contributed by atoms with Gasteiger partial charge in [0.15, 0.2) is 0 Å². The highest BCUT2D eigenvalue weighted by Crippen LogP contribution is 2.29. The normalized spacial score (nSPS) is 16.6. The number of rotatable bonds is 5. The van der Waals surface area contributed by atoms with Gasteiger partial charge in [-0.15, -0.1) is 0 Å². The van der Waals surface area contributed by atoms with E-state index in [4.69, 9.17) is 4.74 Å². The predicted octanol–water partition coefficient (Wildman–Crippen LogP) is 2.10. The van der Waals surface area contributed by atoms with Gasteiger partial charge in [-0.3, -0.25) is 9.59 Å². The van der Waals surface area contributed by atoms with E-state index in [1.165, 1.54) is 31.4 Å². The molecule has 1 atom stereocenters. The Bertz CT molecular complexity index is 1060. The van der Waals surface area contributed by atoms with E-state index < -0.39 is 33.8 Å². The highest BCUT2D eigenvalue weighted by atomic mass is 32.2. The molecule has 1 saturated heterocycles. The summed E-state index contributed by atoms with van der Waals surface area (Å²) in [5, 5.41) is 2.55. The van der Waals surface area contributed by atoms with Gasteiger partial charge in [0, 0.05) is 6.42 Å². The summed E-state index contributed by atoms with van der Waals surface area (Å²) in [5.74, 6) is -1.98. The van der Waals surface area contributed by atoms with Crippen LogP contribution in [0.25, 0.3) is 0 Å². The number of ether oxygens (including phenoxy) is 1. The minimum Gasteiger partial charge on any atom is -0.465 e. The third-order valence-electron chi connectivity index (χ3n) is 4.63. The Labute approximate surface area is 168 Å². The van der Waals surface area contributed by atoms with Crippen molar-refractivity contribution in [2.24, 2.45) is 0 Å². The molecule has 8 nitrogen and oxygen atoms in total. The smallest absolute Gasteiger partial charge is 0.339 e. The Kier molecular flexibility index (Phi) is 5.69. The van der Waals surface area contributed by atoms with E-state index in [1.807, 2.05) is 6.92 Å². The number of nitrogens with zero attached hydrogens (tertiary/aromatic N) is 1. The van der Waals surface area contributed by atoms with Gasteiger partial charge in [0.05, 0.1) is 23.3 Å². The average molecular weight is 416 g/mol. The summed E-state index contributed by atoms with van der Waals surface area (Å²) in [4.78, 5) is 37.0. The van der Waals surface area contributed by atoms with Crippen molar-refractivity contribution in [2.45, 2.75) is 30.7 Å². The highest BCUT2D eigenvalue weighted by molar-refractivity contribution is 7.89. The third-order valence-corrected chi connectivity index (χ3v) is 6.48. The fraction of sp³-hybridized carbons (Fsp3) is 0.250. The maximum Gasteiger partial charge on any atom is 0.339 e. The van der Waals surface area contributed by atoms with Crippen LogP contribution in [0.15, 0.2) is 53.4 Å². The summed E-state index contributed by atoms with van der Waals surface area (Å²) in [7, 11) is -2.98. The standard InChI is InChI=1S/C20H20N2O6S/c1-13-7-9-14(10-8-13)29(26,27)22-17(11-12-18(22)23)19(24)21-16-6-4-3-5-15(16)20(25)28-2/h3-10,17H,11-12H2,1-2H3,(H,21,24)/t17-/m1/s1. The molecule has 0 aliphatic carbocycles. The lowest BCUT2D eigenvalue weighted by atomic mass is 10.1. The third kappa shape index (κ3) is 4.00. The molecule has 0 bridgehead atoms. The van der Waals surface area contributed by atoms with Crippen LogP contribution >= 0.6 is 0 Å². The van der Waals surface area contributed by atoms with Crippen molar-refractivity contribution in [1.29, 1.82) is 0 Å². The summed E-state index contributed by atoms with van der Waals surface area (Å²) in [5.41, 5.74) is 1.17. The molecule has 9 heteroatoms. The molecule has 0 spiro atoms. The van der Waals surface area contributed by atoms with Gasteiger partial charge in [0.25, 0.3) is 10.0 Å². The van der Waals surface area contributed by atoms with E-state index in [0.29, 0.717) is 4.31 Å². The van der Waals surface area contributed by atoms with Crippen LogP contribution in [0.3, 0.4) is 0 Å². The minimum atomic E-state index is -4.19. The fourth-order valence-corrected chi connectivity index (χ4v) is 4.72. The van der Waals surface area contributed by atoms with E-state index in [0.717, 1.165) is 5.56 Å². The molecule has 0 aromatic heterocycles. The number of benzene rings is 2. The summed E-state index contributed by atoms with van der Waals surface area (Å²) in [6.45, 7) is 1.81. The van der Waals surface area contributed by atoms with Crippen LogP contribution in [0.1, 0.15) is 28.8 Å². The van der Waals surface area contributed by atoms with Gasteiger partial charge in [-0.05, 0) is 37.6 Å². The number of sulfonamides is 1. The van der Waals surface area contributed by atoms with Crippen molar-refractivity contribution < 1.29 is 27.5 Å². The number of para-hydroxylation sites is 1. The molecule has 3 rings (SSSR count). The molecule has 152 valence electrons. The van der Waals surface area contributed by atoms with Gasteiger partial charge in [-0.1, -0.05) is 29.8 Å². The maximum atomic E-state index is 13.0. The van der Waals surface area contributed by atoms with E-state index in [-0.39, 0.29) is 29.0 Å². The molecule has 1 aliphatic rings. The lowest BCUT2D eigenvalue weighted by Crippen LogP contribution is -2.45. The van der Waals surface area contributed by atoms with Gasteiger partial charge >= 0.3 is 5.97 Å². The molecule has 1 aliphatic heterocycles. The second-order valence-corrected chi connectivity index (χ2v) is 8.40. The van der Waals surface area contributed by atoms with E-state index >= 15 is 0 Å². The second kappa shape index (κ2) is 8.04. The number of carbonyl (C=O) groups is 3. The molecule has 2 aromatic carbocycles.